The molecule has 0 heterocycles. The summed E-state index contributed by atoms with van der Waals surface area (Å²) in [4.78, 5) is 0. The molecule has 0 saturated carbocycles. The van der Waals surface area contributed by atoms with E-state index in [4.69, 9.17) is 0 Å². The molecule has 0 aliphatic heterocycles. The summed E-state index contributed by atoms with van der Waals surface area (Å²) in [7, 11) is 0. The van der Waals surface area contributed by atoms with Crippen LogP contribution in [0.2, 0.25) is 0 Å². The maximum Gasteiger partial charge on any atom is 0.403 e. The van der Waals surface area contributed by atoms with E-state index in [-0.39, 0.29) is 6.42 Å². The lowest BCUT2D eigenvalue weighted by Gasteiger charge is -2.21. The molecule has 0 radical (unpaired) electrons. The normalized spacial score (nSPS) is 14.4. The van der Waals surface area contributed by atoms with Gasteiger partial charge >= 0.3 is 6.18 Å². The van der Waals surface area contributed by atoms with Gasteiger partial charge in [-0.05, 0) is 19.4 Å². The highest BCUT2D eigenvalue weighted by Crippen LogP contribution is 2.24. The first-order chi connectivity index (χ1) is 6.52. The van der Waals surface area contributed by atoms with Crippen LogP contribution in [0.3, 0.4) is 0 Å². The molecule has 1 N–H and O–H groups in total. The zero-order valence-corrected chi connectivity index (χ0v) is 8.95. The average Bonchev–Trinajstić information content (AvgIpc) is 2.09. The SMILES string of the molecule is CCCCCC(NCCC)C(F)(F)F. The fraction of sp³-hybridized carbons (Fsp3) is 1.00. The second kappa shape index (κ2) is 7.10. The van der Waals surface area contributed by atoms with Gasteiger partial charge in [0.2, 0.25) is 0 Å². The van der Waals surface area contributed by atoms with Crippen LogP contribution >= 0.6 is 0 Å². The van der Waals surface area contributed by atoms with Crippen LogP contribution in [-0.4, -0.2) is 18.8 Å². The summed E-state index contributed by atoms with van der Waals surface area (Å²) in [5.74, 6) is 0. The Morgan fingerprint density at radius 3 is 2.14 bits per heavy atom. The lowest BCUT2D eigenvalue weighted by Crippen LogP contribution is -2.42. The van der Waals surface area contributed by atoms with E-state index >= 15 is 0 Å². The molecule has 0 aromatic rings. The predicted molar refractivity (Wildman–Crippen MR) is 52.3 cm³/mol. The van der Waals surface area contributed by atoms with Gasteiger partial charge in [0.1, 0.15) is 6.04 Å². The number of alkyl halides is 3. The van der Waals surface area contributed by atoms with E-state index in [0.29, 0.717) is 13.0 Å². The van der Waals surface area contributed by atoms with Crippen LogP contribution in [0.15, 0.2) is 0 Å². The van der Waals surface area contributed by atoms with Crippen molar-refractivity contribution in [3.63, 3.8) is 0 Å². The highest BCUT2D eigenvalue weighted by Gasteiger charge is 2.38. The Morgan fingerprint density at radius 1 is 1.07 bits per heavy atom. The first-order valence-corrected chi connectivity index (χ1v) is 5.32. The molecule has 1 unspecified atom stereocenters. The summed E-state index contributed by atoms with van der Waals surface area (Å²) >= 11 is 0. The zero-order valence-electron chi connectivity index (χ0n) is 8.95. The second-order valence-corrected chi connectivity index (χ2v) is 3.54. The molecule has 14 heavy (non-hydrogen) atoms. The summed E-state index contributed by atoms with van der Waals surface area (Å²) in [6, 6.07) is -1.31. The third kappa shape index (κ3) is 6.24. The van der Waals surface area contributed by atoms with Gasteiger partial charge in [0.05, 0.1) is 0 Å². The molecule has 1 nitrogen and oxygen atoms in total. The lowest BCUT2D eigenvalue weighted by molar-refractivity contribution is -0.157. The predicted octanol–water partition coefficient (Wildman–Crippen LogP) is 3.50. The minimum atomic E-state index is -4.09. The fourth-order valence-corrected chi connectivity index (χ4v) is 1.30. The molecular formula is C10H20F3N. The van der Waals surface area contributed by atoms with Crippen LogP contribution in [0.1, 0.15) is 46.0 Å². The van der Waals surface area contributed by atoms with Crippen LogP contribution in [0.5, 0.6) is 0 Å². The van der Waals surface area contributed by atoms with Gasteiger partial charge in [-0.25, -0.2) is 0 Å². The monoisotopic (exact) mass is 211 g/mol. The van der Waals surface area contributed by atoms with E-state index in [2.05, 4.69) is 5.32 Å². The lowest BCUT2D eigenvalue weighted by atomic mass is 10.1. The summed E-state index contributed by atoms with van der Waals surface area (Å²) in [5.41, 5.74) is 0. The molecule has 86 valence electrons. The van der Waals surface area contributed by atoms with Crippen LogP contribution in [0.4, 0.5) is 13.2 Å². The smallest absolute Gasteiger partial charge is 0.306 e. The average molecular weight is 211 g/mol. The van der Waals surface area contributed by atoms with Crippen molar-refractivity contribution < 1.29 is 13.2 Å². The van der Waals surface area contributed by atoms with E-state index in [1.54, 1.807) is 0 Å². The Balaban J connectivity index is 3.85. The topological polar surface area (TPSA) is 12.0 Å². The maximum absolute atomic E-state index is 12.4. The van der Waals surface area contributed by atoms with Crippen LogP contribution < -0.4 is 5.32 Å². The number of hydrogen-bond donors (Lipinski definition) is 1. The number of halogens is 3. The van der Waals surface area contributed by atoms with Crippen LogP contribution in [0, 0.1) is 0 Å². The Morgan fingerprint density at radius 2 is 1.71 bits per heavy atom. The standard InChI is InChI=1S/C10H20F3N/c1-3-5-6-7-9(10(11,12)13)14-8-4-2/h9,14H,3-8H2,1-2H3. The minimum absolute atomic E-state index is 0.206. The highest BCUT2D eigenvalue weighted by atomic mass is 19.4. The molecule has 0 aliphatic rings. The molecule has 0 aromatic carbocycles. The van der Waals surface area contributed by atoms with Crippen molar-refractivity contribution in [2.75, 3.05) is 6.54 Å². The van der Waals surface area contributed by atoms with Gasteiger partial charge in [-0.3, -0.25) is 0 Å². The number of unbranched alkanes of at least 4 members (excludes halogenated alkanes) is 2. The van der Waals surface area contributed by atoms with Crippen LogP contribution in [0.25, 0.3) is 0 Å². The number of hydrogen-bond acceptors (Lipinski definition) is 1. The Labute approximate surface area is 84.1 Å². The summed E-state index contributed by atoms with van der Waals surface area (Å²) < 4.78 is 37.2. The first kappa shape index (κ1) is 13.8. The number of nitrogens with one attached hydrogen (secondary N) is 1. The molecule has 0 bridgehead atoms. The molecule has 4 heteroatoms. The first-order valence-electron chi connectivity index (χ1n) is 5.32. The summed E-state index contributed by atoms with van der Waals surface area (Å²) in [6.07, 6.45) is -0.670. The second-order valence-electron chi connectivity index (χ2n) is 3.54. The van der Waals surface area contributed by atoms with Gasteiger partial charge in [0.15, 0.2) is 0 Å². The van der Waals surface area contributed by atoms with Crippen LogP contribution in [-0.2, 0) is 0 Å². The largest absolute Gasteiger partial charge is 0.403 e. The summed E-state index contributed by atoms with van der Waals surface area (Å²) in [5, 5.41) is 2.54. The van der Waals surface area contributed by atoms with E-state index < -0.39 is 12.2 Å². The highest BCUT2D eigenvalue weighted by molar-refractivity contribution is 4.74. The molecule has 1 atom stereocenters. The van der Waals surface area contributed by atoms with Gasteiger partial charge in [0, 0.05) is 0 Å². The van der Waals surface area contributed by atoms with Gasteiger partial charge in [0.25, 0.3) is 0 Å². The van der Waals surface area contributed by atoms with E-state index in [9.17, 15) is 13.2 Å². The van der Waals surface area contributed by atoms with Crippen molar-refractivity contribution in [3.8, 4) is 0 Å². The molecular weight excluding hydrogens is 191 g/mol. The minimum Gasteiger partial charge on any atom is -0.306 e. The van der Waals surface area contributed by atoms with Crippen molar-refractivity contribution in [2.45, 2.75) is 58.2 Å². The maximum atomic E-state index is 12.4. The Hall–Kier alpha value is -0.250. The van der Waals surface area contributed by atoms with Gasteiger partial charge in [-0.2, -0.15) is 13.2 Å². The van der Waals surface area contributed by atoms with E-state index in [1.165, 1.54) is 0 Å². The molecule has 0 fully saturated rings. The quantitative estimate of drug-likeness (QED) is 0.635. The third-order valence-electron chi connectivity index (χ3n) is 2.13. The van der Waals surface area contributed by atoms with Gasteiger partial charge < -0.3 is 5.32 Å². The number of rotatable bonds is 7. The zero-order chi connectivity index (χ0) is 11.0. The Bertz CT molecular complexity index is 134. The fourth-order valence-electron chi connectivity index (χ4n) is 1.30. The van der Waals surface area contributed by atoms with Crippen molar-refractivity contribution in [1.29, 1.82) is 0 Å². The van der Waals surface area contributed by atoms with Crippen molar-refractivity contribution in [1.82, 2.24) is 5.32 Å². The molecule has 0 amide bonds. The third-order valence-corrected chi connectivity index (χ3v) is 2.13. The molecule has 0 aromatic heterocycles. The van der Waals surface area contributed by atoms with Crippen molar-refractivity contribution >= 4 is 0 Å². The Kier molecular flexibility index (Phi) is 6.97. The van der Waals surface area contributed by atoms with E-state index in [0.717, 1.165) is 19.3 Å². The molecule has 0 rings (SSSR count). The van der Waals surface area contributed by atoms with Gasteiger partial charge in [-0.1, -0.05) is 33.1 Å². The molecule has 0 aliphatic carbocycles. The molecule has 0 spiro atoms. The summed E-state index contributed by atoms with van der Waals surface area (Å²) in [6.45, 7) is 4.30. The van der Waals surface area contributed by atoms with Gasteiger partial charge in [-0.15, -0.1) is 0 Å². The van der Waals surface area contributed by atoms with E-state index in [1.807, 2.05) is 13.8 Å². The van der Waals surface area contributed by atoms with Crippen molar-refractivity contribution in [3.05, 3.63) is 0 Å². The molecule has 0 saturated heterocycles. The van der Waals surface area contributed by atoms with Crippen molar-refractivity contribution in [2.24, 2.45) is 0 Å².